The topological polar surface area (TPSA) is 36.4 Å². The first kappa shape index (κ1) is 19.3. The van der Waals surface area contributed by atoms with E-state index in [1.54, 1.807) is 22.7 Å². The Bertz CT molecular complexity index is 937. The number of piperazine rings is 1. The van der Waals surface area contributed by atoms with Crippen molar-refractivity contribution in [3.8, 4) is 11.1 Å². The number of hydrogen-bond donors (Lipinski definition) is 0. The molecule has 6 heteroatoms. The summed E-state index contributed by atoms with van der Waals surface area (Å²) >= 11 is 3.29. The predicted octanol–water partition coefficient (Wildman–Crippen LogP) is 4.70. The molecule has 1 aliphatic heterocycles. The molecule has 28 heavy (non-hydrogen) atoms. The fourth-order valence-corrected chi connectivity index (χ4v) is 5.12. The molecular formula is C22H25N3OS2. The molecule has 2 aromatic heterocycles. The van der Waals surface area contributed by atoms with Gasteiger partial charge >= 0.3 is 0 Å². The number of benzene rings is 1. The average Bonchev–Trinajstić information content (AvgIpc) is 3.38. The zero-order valence-corrected chi connectivity index (χ0v) is 18.0. The van der Waals surface area contributed by atoms with Gasteiger partial charge in [0, 0.05) is 43.7 Å². The van der Waals surface area contributed by atoms with Crippen molar-refractivity contribution < 1.29 is 4.79 Å². The SMILES string of the molecule is CCc1nc(CN2CCN(C(=O)c3sccc3-c3ccc(C)cc3)CC2)cs1. The molecule has 146 valence electrons. The molecule has 3 heterocycles. The fraction of sp³-hybridized carbons (Fsp3) is 0.364. The largest absolute Gasteiger partial charge is 0.335 e. The van der Waals surface area contributed by atoms with E-state index in [-0.39, 0.29) is 5.91 Å². The van der Waals surface area contributed by atoms with Crippen LogP contribution in [0.1, 0.15) is 32.9 Å². The van der Waals surface area contributed by atoms with E-state index < -0.39 is 0 Å². The van der Waals surface area contributed by atoms with Crippen molar-refractivity contribution in [1.82, 2.24) is 14.8 Å². The molecule has 0 spiro atoms. The molecule has 1 aliphatic rings. The van der Waals surface area contributed by atoms with Crippen LogP contribution >= 0.6 is 22.7 Å². The van der Waals surface area contributed by atoms with Crippen LogP contribution < -0.4 is 0 Å². The monoisotopic (exact) mass is 411 g/mol. The van der Waals surface area contributed by atoms with Gasteiger partial charge in [0.2, 0.25) is 0 Å². The van der Waals surface area contributed by atoms with Crippen molar-refractivity contribution in [2.24, 2.45) is 0 Å². The number of carbonyl (C=O) groups excluding carboxylic acids is 1. The summed E-state index contributed by atoms with van der Waals surface area (Å²) in [5.74, 6) is 0.159. The van der Waals surface area contributed by atoms with Gasteiger partial charge in [-0.25, -0.2) is 4.98 Å². The molecule has 0 bridgehead atoms. The lowest BCUT2D eigenvalue weighted by molar-refractivity contribution is 0.0632. The number of aromatic nitrogens is 1. The van der Waals surface area contributed by atoms with E-state index in [0.29, 0.717) is 0 Å². The Labute approximate surface area is 174 Å². The Hall–Kier alpha value is -2.02. The molecule has 1 amide bonds. The smallest absolute Gasteiger partial charge is 0.264 e. The first-order valence-corrected chi connectivity index (χ1v) is 11.5. The Morgan fingerprint density at radius 1 is 1.07 bits per heavy atom. The molecule has 1 fully saturated rings. The summed E-state index contributed by atoms with van der Waals surface area (Å²) in [5.41, 5.74) is 4.55. The number of thiazole rings is 1. The minimum Gasteiger partial charge on any atom is -0.335 e. The van der Waals surface area contributed by atoms with Crippen LogP contribution in [0.5, 0.6) is 0 Å². The average molecular weight is 412 g/mol. The van der Waals surface area contributed by atoms with Gasteiger partial charge in [0.1, 0.15) is 0 Å². The van der Waals surface area contributed by atoms with E-state index in [9.17, 15) is 4.79 Å². The number of nitrogens with zero attached hydrogens (tertiary/aromatic N) is 3. The van der Waals surface area contributed by atoms with E-state index in [0.717, 1.165) is 60.8 Å². The van der Waals surface area contributed by atoms with E-state index in [4.69, 9.17) is 0 Å². The number of hydrogen-bond acceptors (Lipinski definition) is 5. The maximum atomic E-state index is 13.1. The maximum absolute atomic E-state index is 13.1. The Morgan fingerprint density at radius 2 is 1.82 bits per heavy atom. The molecule has 1 saturated heterocycles. The third-order valence-corrected chi connectivity index (χ3v) is 7.11. The van der Waals surface area contributed by atoms with Crippen LogP contribution in [0.25, 0.3) is 11.1 Å². The van der Waals surface area contributed by atoms with Crippen LogP contribution in [0, 0.1) is 6.92 Å². The third kappa shape index (κ3) is 4.19. The first-order chi connectivity index (χ1) is 13.6. The summed E-state index contributed by atoms with van der Waals surface area (Å²) in [4.78, 5) is 23.0. The second-order valence-corrected chi connectivity index (χ2v) is 9.04. The van der Waals surface area contributed by atoms with Gasteiger partial charge in [-0.1, -0.05) is 36.8 Å². The van der Waals surface area contributed by atoms with Gasteiger partial charge in [0.05, 0.1) is 15.6 Å². The number of carbonyl (C=O) groups is 1. The molecule has 0 radical (unpaired) electrons. The molecule has 0 aliphatic carbocycles. The van der Waals surface area contributed by atoms with Crippen LogP contribution in [0.3, 0.4) is 0 Å². The molecule has 0 saturated carbocycles. The van der Waals surface area contributed by atoms with Crippen molar-refractivity contribution in [2.75, 3.05) is 26.2 Å². The molecule has 3 aromatic rings. The number of thiophene rings is 1. The number of amides is 1. The molecule has 0 N–H and O–H groups in total. The van der Waals surface area contributed by atoms with Gasteiger partial charge in [-0.3, -0.25) is 9.69 Å². The highest BCUT2D eigenvalue weighted by Crippen LogP contribution is 2.30. The Balaban J connectivity index is 1.39. The standard InChI is InChI=1S/C22H25N3OS2/c1-3-20-23-18(15-28-20)14-24-9-11-25(12-10-24)22(26)21-19(8-13-27-21)17-6-4-16(2)5-7-17/h4-8,13,15H,3,9-12,14H2,1-2H3. The highest BCUT2D eigenvalue weighted by molar-refractivity contribution is 7.12. The van der Waals surface area contributed by atoms with Crippen molar-refractivity contribution in [2.45, 2.75) is 26.8 Å². The zero-order chi connectivity index (χ0) is 19.5. The Kier molecular flexibility index (Phi) is 5.90. The summed E-state index contributed by atoms with van der Waals surface area (Å²) in [6.07, 6.45) is 0.997. The normalized spacial score (nSPS) is 15.1. The summed E-state index contributed by atoms with van der Waals surface area (Å²) in [6.45, 7) is 8.45. The van der Waals surface area contributed by atoms with Crippen molar-refractivity contribution in [1.29, 1.82) is 0 Å². The summed E-state index contributed by atoms with van der Waals surface area (Å²) in [5, 5.41) is 5.38. The van der Waals surface area contributed by atoms with Crippen LogP contribution in [0.4, 0.5) is 0 Å². The van der Waals surface area contributed by atoms with Crippen LogP contribution in [0.15, 0.2) is 41.1 Å². The second kappa shape index (κ2) is 8.55. The van der Waals surface area contributed by atoms with Crippen LogP contribution in [-0.4, -0.2) is 46.9 Å². The maximum Gasteiger partial charge on any atom is 0.264 e. The molecule has 1 aromatic carbocycles. The minimum atomic E-state index is 0.159. The molecule has 0 unspecified atom stereocenters. The second-order valence-electron chi connectivity index (χ2n) is 7.18. The predicted molar refractivity (Wildman–Crippen MR) is 117 cm³/mol. The van der Waals surface area contributed by atoms with Gasteiger partial charge < -0.3 is 4.90 Å². The van der Waals surface area contributed by atoms with Gasteiger partial charge in [-0.05, 0) is 30.4 Å². The van der Waals surface area contributed by atoms with E-state index in [1.165, 1.54) is 10.6 Å². The third-order valence-electron chi connectivity index (χ3n) is 5.17. The van der Waals surface area contributed by atoms with Crippen molar-refractivity contribution in [3.63, 3.8) is 0 Å². The van der Waals surface area contributed by atoms with E-state index in [2.05, 4.69) is 59.4 Å². The van der Waals surface area contributed by atoms with Gasteiger partial charge in [0.25, 0.3) is 5.91 Å². The highest BCUT2D eigenvalue weighted by atomic mass is 32.1. The quantitative estimate of drug-likeness (QED) is 0.611. The molecule has 4 rings (SSSR count). The van der Waals surface area contributed by atoms with Gasteiger partial charge in [0.15, 0.2) is 0 Å². The summed E-state index contributed by atoms with van der Waals surface area (Å²) in [6, 6.07) is 10.5. The van der Waals surface area contributed by atoms with Gasteiger partial charge in [-0.15, -0.1) is 22.7 Å². The van der Waals surface area contributed by atoms with Crippen LogP contribution in [0.2, 0.25) is 0 Å². The zero-order valence-electron chi connectivity index (χ0n) is 16.4. The summed E-state index contributed by atoms with van der Waals surface area (Å²) < 4.78 is 0. The minimum absolute atomic E-state index is 0.159. The highest BCUT2D eigenvalue weighted by Gasteiger charge is 2.25. The van der Waals surface area contributed by atoms with Gasteiger partial charge in [-0.2, -0.15) is 0 Å². The van der Waals surface area contributed by atoms with Crippen molar-refractivity contribution >= 4 is 28.6 Å². The van der Waals surface area contributed by atoms with E-state index in [1.807, 2.05) is 10.3 Å². The fourth-order valence-electron chi connectivity index (χ4n) is 3.50. The van der Waals surface area contributed by atoms with Crippen molar-refractivity contribution in [3.05, 3.63) is 62.2 Å². The lowest BCUT2D eigenvalue weighted by Gasteiger charge is -2.34. The summed E-state index contributed by atoms with van der Waals surface area (Å²) in [7, 11) is 0. The molecule has 0 atom stereocenters. The Morgan fingerprint density at radius 3 is 2.50 bits per heavy atom. The lowest BCUT2D eigenvalue weighted by atomic mass is 10.0. The number of rotatable bonds is 5. The van der Waals surface area contributed by atoms with Crippen LogP contribution in [-0.2, 0) is 13.0 Å². The number of aryl methyl sites for hydroxylation is 2. The first-order valence-electron chi connectivity index (χ1n) is 9.73. The molecular weight excluding hydrogens is 386 g/mol. The lowest BCUT2D eigenvalue weighted by Crippen LogP contribution is -2.48. The molecule has 4 nitrogen and oxygen atoms in total. The van der Waals surface area contributed by atoms with E-state index >= 15 is 0 Å².